The van der Waals surface area contributed by atoms with Crippen molar-refractivity contribution in [2.45, 2.75) is 10.9 Å². The van der Waals surface area contributed by atoms with Gasteiger partial charge in [0.1, 0.15) is 6.61 Å². The molecule has 4 rings (SSSR count). The molecule has 0 aromatic heterocycles. The molecule has 152 valence electrons. The van der Waals surface area contributed by atoms with Crippen LogP contribution in [-0.2, 0) is 19.4 Å². The number of benzene rings is 3. The van der Waals surface area contributed by atoms with Crippen molar-refractivity contribution in [3.8, 4) is 0 Å². The molecule has 1 atom stereocenters. The van der Waals surface area contributed by atoms with Crippen LogP contribution in [0.3, 0.4) is 0 Å². The number of carboxylic acids is 1. The van der Waals surface area contributed by atoms with Crippen LogP contribution >= 0.6 is 0 Å². The van der Waals surface area contributed by atoms with Gasteiger partial charge in [0.25, 0.3) is 0 Å². The molecule has 2 N–H and O–H groups in total. The lowest BCUT2D eigenvalue weighted by Crippen LogP contribution is -2.34. The molecule has 0 fully saturated rings. The summed E-state index contributed by atoms with van der Waals surface area (Å²) < 4.78 is 30.7. The van der Waals surface area contributed by atoms with Crippen LogP contribution in [0, 0.1) is 0 Å². The number of hydrogen-bond acceptors (Lipinski definition) is 5. The number of fused-ring (bicyclic) bond motifs is 3. The van der Waals surface area contributed by atoms with Crippen molar-refractivity contribution >= 4 is 38.7 Å². The lowest BCUT2D eigenvalue weighted by atomic mass is 10.0. The van der Waals surface area contributed by atoms with Crippen molar-refractivity contribution in [2.75, 3.05) is 6.61 Å². The summed E-state index contributed by atoms with van der Waals surface area (Å²) >= 11 is 0. The summed E-state index contributed by atoms with van der Waals surface area (Å²) in [5.74, 6) is -1.26. The highest BCUT2D eigenvalue weighted by atomic mass is 32.2. The molecule has 0 saturated carbocycles. The molecule has 0 spiro atoms. The summed E-state index contributed by atoms with van der Waals surface area (Å²) in [6.07, 6.45) is 0.467. The van der Waals surface area contributed by atoms with Gasteiger partial charge >= 0.3 is 12.1 Å². The highest BCUT2D eigenvalue weighted by Crippen LogP contribution is 2.37. The van der Waals surface area contributed by atoms with E-state index in [0.29, 0.717) is 11.1 Å². The van der Waals surface area contributed by atoms with E-state index in [9.17, 15) is 23.1 Å². The van der Waals surface area contributed by atoms with Gasteiger partial charge in [-0.2, -0.15) is 0 Å². The van der Waals surface area contributed by atoms with Crippen molar-refractivity contribution in [1.82, 2.24) is 5.32 Å². The number of alkyl carbamates (subject to hydrolysis) is 1. The normalized spacial score (nSPS) is 15.1. The van der Waals surface area contributed by atoms with E-state index in [4.69, 9.17) is 4.74 Å². The number of nitrogens with one attached hydrogen (secondary N) is 1. The second-order valence-corrected chi connectivity index (χ2v) is 8.69. The van der Waals surface area contributed by atoms with E-state index in [1.54, 1.807) is 36.4 Å². The Morgan fingerprint density at radius 1 is 0.967 bits per heavy atom. The van der Waals surface area contributed by atoms with Gasteiger partial charge in [-0.1, -0.05) is 60.7 Å². The molecule has 1 aliphatic rings. The van der Waals surface area contributed by atoms with Gasteiger partial charge in [0.15, 0.2) is 6.04 Å². The maximum atomic E-state index is 12.8. The fourth-order valence-electron chi connectivity index (χ4n) is 3.39. The summed E-state index contributed by atoms with van der Waals surface area (Å²) in [5.41, 5.74) is 0.924. The highest BCUT2D eigenvalue weighted by molar-refractivity contribution is 7.95. The summed E-state index contributed by atoms with van der Waals surface area (Å²) in [6, 6.07) is 17.5. The van der Waals surface area contributed by atoms with E-state index < -0.39 is 34.5 Å². The maximum absolute atomic E-state index is 12.8. The summed E-state index contributed by atoms with van der Waals surface area (Å²) in [5, 5.41) is 13.3. The van der Waals surface area contributed by atoms with Crippen molar-refractivity contribution in [3.63, 3.8) is 0 Å². The number of sulfone groups is 1. The number of carbonyl (C=O) groups excluding carboxylic acids is 1. The third-order valence-electron chi connectivity index (χ3n) is 4.86. The lowest BCUT2D eigenvalue weighted by Gasteiger charge is -2.15. The molecule has 30 heavy (non-hydrogen) atoms. The molecule has 8 heteroatoms. The van der Waals surface area contributed by atoms with Crippen LogP contribution in [0.25, 0.3) is 16.8 Å². The number of carbonyl (C=O) groups is 2. The highest BCUT2D eigenvalue weighted by Gasteiger charge is 2.32. The Bertz CT molecular complexity index is 1280. The van der Waals surface area contributed by atoms with Crippen LogP contribution in [0.1, 0.15) is 17.2 Å². The topological polar surface area (TPSA) is 110 Å². The van der Waals surface area contributed by atoms with Gasteiger partial charge in [0.2, 0.25) is 9.84 Å². The average Bonchev–Trinajstić information content (AvgIpc) is 3.01. The molecular formula is C22H17NO6S. The Labute approximate surface area is 172 Å². The Morgan fingerprint density at radius 3 is 2.40 bits per heavy atom. The van der Waals surface area contributed by atoms with E-state index in [1.165, 1.54) is 12.1 Å². The molecule has 0 aliphatic carbocycles. The zero-order chi connectivity index (χ0) is 21.3. The molecule has 0 unspecified atom stereocenters. The van der Waals surface area contributed by atoms with Crippen molar-refractivity contribution in [3.05, 3.63) is 82.8 Å². The first kappa shape index (κ1) is 19.7. The molecular weight excluding hydrogens is 406 g/mol. The van der Waals surface area contributed by atoms with Crippen molar-refractivity contribution in [1.29, 1.82) is 0 Å². The first-order chi connectivity index (χ1) is 14.4. The quantitative estimate of drug-likeness (QED) is 0.650. The van der Waals surface area contributed by atoms with Gasteiger partial charge in [0.05, 0.1) is 9.80 Å². The predicted octanol–water partition coefficient (Wildman–Crippen LogP) is 3.52. The van der Waals surface area contributed by atoms with E-state index in [-0.39, 0.29) is 9.80 Å². The summed E-state index contributed by atoms with van der Waals surface area (Å²) in [4.78, 5) is 23.8. The Morgan fingerprint density at radius 2 is 1.67 bits per heavy atom. The Kier molecular flexibility index (Phi) is 5.01. The van der Waals surface area contributed by atoms with Gasteiger partial charge < -0.3 is 15.2 Å². The van der Waals surface area contributed by atoms with E-state index in [0.717, 1.165) is 10.8 Å². The van der Waals surface area contributed by atoms with Gasteiger partial charge in [-0.05, 0) is 28.5 Å². The predicted molar refractivity (Wildman–Crippen MR) is 110 cm³/mol. The molecule has 0 saturated heterocycles. The standard InChI is InChI=1S/C22H17NO6S/c24-21(25)20(15-7-2-1-3-8-15)23-22(26)29-13-16-12-18-17-9-5-4-6-14(17)10-11-19(18)30(16,27)28/h1-12,20H,13H2,(H,23,26)(H,24,25)/t20-/m0/s1. The molecule has 1 aliphatic heterocycles. The molecule has 1 amide bonds. The van der Waals surface area contributed by atoms with Crippen molar-refractivity contribution < 1.29 is 27.9 Å². The largest absolute Gasteiger partial charge is 0.479 e. The average molecular weight is 423 g/mol. The SMILES string of the molecule is O=C(N[C@H](C(=O)O)c1ccccc1)OCC1=Cc2c(ccc3ccccc23)S1(=O)=O. The van der Waals surface area contributed by atoms with Crippen LogP contribution in [0.15, 0.2) is 76.5 Å². The van der Waals surface area contributed by atoms with Crippen LogP contribution in [-0.4, -0.2) is 32.2 Å². The molecule has 3 aromatic rings. The third kappa shape index (κ3) is 3.53. The monoisotopic (exact) mass is 423 g/mol. The lowest BCUT2D eigenvalue weighted by molar-refractivity contribution is -0.139. The van der Waals surface area contributed by atoms with Crippen LogP contribution in [0.4, 0.5) is 4.79 Å². The smallest absolute Gasteiger partial charge is 0.408 e. The van der Waals surface area contributed by atoms with E-state index in [1.807, 2.05) is 24.3 Å². The number of carboxylic acid groups (broad SMARTS) is 1. The number of aliphatic carboxylic acids is 1. The minimum atomic E-state index is -3.79. The van der Waals surface area contributed by atoms with E-state index >= 15 is 0 Å². The number of rotatable bonds is 5. The zero-order valence-corrected chi connectivity index (χ0v) is 16.4. The van der Waals surface area contributed by atoms with Gasteiger partial charge in [-0.25, -0.2) is 18.0 Å². The second kappa shape index (κ2) is 7.64. The minimum Gasteiger partial charge on any atom is -0.479 e. The van der Waals surface area contributed by atoms with Gasteiger partial charge in [-0.3, -0.25) is 0 Å². The summed E-state index contributed by atoms with van der Waals surface area (Å²) in [7, 11) is -3.79. The zero-order valence-electron chi connectivity index (χ0n) is 15.6. The number of amides is 1. The summed E-state index contributed by atoms with van der Waals surface area (Å²) in [6.45, 7) is -0.502. The third-order valence-corrected chi connectivity index (χ3v) is 6.72. The molecule has 3 aromatic carbocycles. The Balaban J connectivity index is 1.52. The number of hydrogen-bond donors (Lipinski definition) is 2. The van der Waals surface area contributed by atoms with Crippen LogP contribution in [0.5, 0.6) is 0 Å². The molecule has 1 heterocycles. The maximum Gasteiger partial charge on any atom is 0.408 e. The first-order valence-electron chi connectivity index (χ1n) is 9.06. The van der Waals surface area contributed by atoms with Gasteiger partial charge in [0, 0.05) is 5.56 Å². The molecule has 7 nitrogen and oxygen atoms in total. The van der Waals surface area contributed by atoms with Crippen molar-refractivity contribution in [2.24, 2.45) is 0 Å². The second-order valence-electron chi connectivity index (χ2n) is 6.72. The number of ether oxygens (including phenoxy) is 1. The van der Waals surface area contributed by atoms with E-state index in [2.05, 4.69) is 5.32 Å². The Hall–Kier alpha value is -3.65. The van der Waals surface area contributed by atoms with Gasteiger partial charge in [-0.15, -0.1) is 0 Å². The molecule has 0 radical (unpaired) electrons. The fraction of sp³-hybridized carbons (Fsp3) is 0.0909. The minimum absolute atomic E-state index is 0.0596. The van der Waals surface area contributed by atoms with Crippen LogP contribution in [0.2, 0.25) is 0 Å². The van der Waals surface area contributed by atoms with Crippen LogP contribution < -0.4 is 5.32 Å². The fourth-order valence-corrected chi connectivity index (χ4v) is 4.86. The molecule has 0 bridgehead atoms. The first-order valence-corrected chi connectivity index (χ1v) is 10.5.